The molecule has 63 heavy (non-hydrogen) atoms. The van der Waals surface area contributed by atoms with Crippen molar-refractivity contribution >= 4 is 48.6 Å². The van der Waals surface area contributed by atoms with Crippen LogP contribution in [0.3, 0.4) is 0 Å². The van der Waals surface area contributed by atoms with Crippen LogP contribution in [0.2, 0.25) is 0 Å². The normalized spacial score (nSPS) is 12.9. The van der Waals surface area contributed by atoms with Crippen LogP contribution < -0.4 is 4.90 Å². The van der Waals surface area contributed by atoms with E-state index in [1.54, 1.807) is 0 Å². The van der Waals surface area contributed by atoms with Crippen LogP contribution in [0.5, 0.6) is 0 Å². The van der Waals surface area contributed by atoms with Crippen LogP contribution >= 0.6 is 11.3 Å². The zero-order valence-corrected chi connectivity index (χ0v) is 35.2. The highest BCUT2D eigenvalue weighted by Gasteiger charge is 2.53. The first-order valence-corrected chi connectivity index (χ1v) is 22.6. The molecule has 0 saturated heterocycles. The molecular weight excluding hydrogens is 779 g/mol. The van der Waals surface area contributed by atoms with E-state index in [4.69, 9.17) is 0 Å². The molecule has 0 aliphatic heterocycles. The smallest absolute Gasteiger partial charge is 0.0727 e. The zero-order valence-electron chi connectivity index (χ0n) is 34.4. The van der Waals surface area contributed by atoms with E-state index in [1.807, 2.05) is 11.3 Å². The van der Waals surface area contributed by atoms with Gasteiger partial charge in [-0.05, 0) is 115 Å². The van der Waals surface area contributed by atoms with Gasteiger partial charge in [0.25, 0.3) is 0 Å². The molecule has 1 nitrogen and oxygen atoms in total. The third kappa shape index (κ3) is 5.35. The molecule has 13 rings (SSSR count). The Morgan fingerprint density at radius 3 is 1.35 bits per heavy atom. The summed E-state index contributed by atoms with van der Waals surface area (Å²) >= 11 is 1.91. The van der Waals surface area contributed by atoms with Crippen LogP contribution in [-0.2, 0) is 5.41 Å². The average Bonchev–Trinajstić information content (AvgIpc) is 3.99. The molecule has 2 heteroatoms. The van der Waals surface area contributed by atoms with Gasteiger partial charge in [-0.15, -0.1) is 11.3 Å². The first kappa shape index (κ1) is 35.9. The summed E-state index contributed by atoms with van der Waals surface area (Å²) in [6.45, 7) is 0. The van der Waals surface area contributed by atoms with Gasteiger partial charge in [0.2, 0.25) is 0 Å². The van der Waals surface area contributed by atoms with Gasteiger partial charge < -0.3 is 4.90 Å². The largest absolute Gasteiger partial charge is 0.309 e. The first-order valence-electron chi connectivity index (χ1n) is 21.8. The molecule has 0 saturated carbocycles. The van der Waals surface area contributed by atoms with E-state index in [-0.39, 0.29) is 0 Å². The monoisotopic (exact) mass is 817 g/mol. The number of anilines is 3. The summed E-state index contributed by atoms with van der Waals surface area (Å²) in [7, 11) is 0. The Labute approximate surface area is 371 Å². The van der Waals surface area contributed by atoms with Crippen LogP contribution in [0.15, 0.2) is 237 Å². The molecular formula is C61H39NS. The number of benzene rings is 10. The summed E-state index contributed by atoms with van der Waals surface area (Å²) in [4.78, 5) is 2.56. The van der Waals surface area contributed by atoms with Gasteiger partial charge in [-0.25, -0.2) is 0 Å². The van der Waals surface area contributed by atoms with Crippen LogP contribution in [0.1, 0.15) is 22.3 Å². The number of fused-ring (bicyclic) bond motifs is 13. The highest BCUT2D eigenvalue weighted by Crippen LogP contribution is 2.67. The van der Waals surface area contributed by atoms with Crippen molar-refractivity contribution in [1.29, 1.82) is 0 Å². The number of hydrogen-bond donors (Lipinski definition) is 0. The van der Waals surface area contributed by atoms with Crippen molar-refractivity contribution in [3.63, 3.8) is 0 Å². The number of nitrogens with zero attached hydrogens (tertiary/aromatic N) is 1. The van der Waals surface area contributed by atoms with E-state index in [0.717, 1.165) is 11.4 Å². The molecule has 2 aliphatic rings. The lowest BCUT2D eigenvalue weighted by Crippen LogP contribution is -2.26. The zero-order chi connectivity index (χ0) is 41.5. The van der Waals surface area contributed by atoms with E-state index in [9.17, 15) is 0 Å². The molecule has 294 valence electrons. The van der Waals surface area contributed by atoms with Gasteiger partial charge in [0.05, 0.1) is 11.1 Å². The summed E-state index contributed by atoms with van der Waals surface area (Å²) in [6, 6.07) is 87.8. The van der Waals surface area contributed by atoms with E-state index in [2.05, 4.69) is 241 Å². The average molecular weight is 818 g/mol. The van der Waals surface area contributed by atoms with Gasteiger partial charge in [-0.1, -0.05) is 194 Å². The predicted octanol–water partition coefficient (Wildman–Crippen LogP) is 16.9. The molecule has 0 fully saturated rings. The van der Waals surface area contributed by atoms with E-state index >= 15 is 0 Å². The lowest BCUT2D eigenvalue weighted by Gasteiger charge is -2.32. The van der Waals surface area contributed by atoms with Gasteiger partial charge >= 0.3 is 0 Å². The Morgan fingerprint density at radius 2 is 0.778 bits per heavy atom. The third-order valence-electron chi connectivity index (χ3n) is 13.5. The van der Waals surface area contributed by atoms with Crippen molar-refractivity contribution in [2.45, 2.75) is 5.41 Å². The molecule has 10 aromatic carbocycles. The van der Waals surface area contributed by atoms with Crippen LogP contribution in [0.4, 0.5) is 17.1 Å². The van der Waals surface area contributed by atoms with Gasteiger partial charge in [0.1, 0.15) is 0 Å². The molecule has 0 atom stereocenters. The lowest BCUT2D eigenvalue weighted by atomic mass is 9.70. The molecule has 1 spiro atoms. The second kappa shape index (κ2) is 14.1. The fourth-order valence-corrected chi connectivity index (χ4v) is 11.9. The highest BCUT2D eigenvalue weighted by molar-refractivity contribution is 7.26. The Kier molecular flexibility index (Phi) is 8.06. The van der Waals surface area contributed by atoms with E-state index in [1.165, 1.54) is 104 Å². The maximum absolute atomic E-state index is 2.56. The van der Waals surface area contributed by atoms with Crippen LogP contribution in [0, 0.1) is 0 Å². The lowest BCUT2D eigenvalue weighted by molar-refractivity contribution is 0.795. The molecule has 0 bridgehead atoms. The molecule has 0 radical (unpaired) electrons. The fraction of sp³-hybridized carbons (Fsp3) is 0.0164. The highest BCUT2D eigenvalue weighted by atomic mass is 32.1. The van der Waals surface area contributed by atoms with Crippen molar-refractivity contribution in [3.05, 3.63) is 259 Å². The quantitative estimate of drug-likeness (QED) is 0.162. The van der Waals surface area contributed by atoms with E-state index in [0.29, 0.717) is 0 Å². The Bertz CT molecular complexity index is 3400. The summed E-state index contributed by atoms with van der Waals surface area (Å²) < 4.78 is 2.58. The molecule has 2 aliphatic carbocycles. The van der Waals surface area contributed by atoms with Crippen molar-refractivity contribution < 1.29 is 0 Å². The number of rotatable bonds is 6. The van der Waals surface area contributed by atoms with E-state index < -0.39 is 5.41 Å². The Hall–Kier alpha value is -7.78. The maximum atomic E-state index is 2.56. The first-order chi connectivity index (χ1) is 31.3. The molecule has 11 aromatic rings. The Balaban J connectivity index is 1.17. The van der Waals surface area contributed by atoms with Crippen molar-refractivity contribution in [2.24, 2.45) is 0 Å². The topological polar surface area (TPSA) is 3.24 Å². The maximum Gasteiger partial charge on any atom is 0.0727 e. The molecule has 0 amide bonds. The van der Waals surface area contributed by atoms with Crippen LogP contribution in [-0.4, -0.2) is 0 Å². The third-order valence-corrected chi connectivity index (χ3v) is 14.6. The molecule has 1 aromatic heterocycles. The Morgan fingerprint density at radius 1 is 0.317 bits per heavy atom. The van der Waals surface area contributed by atoms with Crippen molar-refractivity contribution in [3.8, 4) is 55.6 Å². The number of thiophene rings is 1. The molecule has 1 heterocycles. The standard InChI is InChI=1S/C61H39NS/c1-4-16-40(17-5-1)43-28-33-46(34-29-43)62(47-35-30-44(31-36-47)41-18-6-2-7-19-41)60-58-50-37-32-45(42-20-8-3-9-21-42)38-54(50)61(52-25-13-10-22-48(52)49-23-11-14-26-53(49)61)55(58)39-57-59(60)51-24-12-15-27-56(51)63-57/h1-39H. The second-order valence-corrected chi connectivity index (χ2v) is 17.8. The SMILES string of the molecule is c1ccc(-c2ccc(N(c3ccc(-c4ccccc4)cc3)c3c4c(cc5sc6ccccc6c35)C3(c5ccccc5-c5ccccc53)c3cc(-c5ccccc5)ccc3-4)cc2)cc1. The summed E-state index contributed by atoms with van der Waals surface area (Å²) in [5, 5.41) is 2.56. The fourth-order valence-electron chi connectivity index (χ4n) is 10.8. The minimum absolute atomic E-state index is 0.540. The number of hydrogen-bond acceptors (Lipinski definition) is 2. The van der Waals surface area contributed by atoms with Crippen molar-refractivity contribution in [1.82, 2.24) is 0 Å². The van der Waals surface area contributed by atoms with Gasteiger partial charge in [0, 0.05) is 37.1 Å². The summed E-state index contributed by atoms with van der Waals surface area (Å²) in [6.07, 6.45) is 0. The van der Waals surface area contributed by atoms with Crippen LogP contribution in [0.25, 0.3) is 75.8 Å². The summed E-state index contributed by atoms with van der Waals surface area (Å²) in [5.41, 5.74) is 20.7. The second-order valence-electron chi connectivity index (χ2n) is 16.7. The molecule has 0 N–H and O–H groups in total. The summed E-state index contributed by atoms with van der Waals surface area (Å²) in [5.74, 6) is 0. The van der Waals surface area contributed by atoms with Gasteiger partial charge in [0.15, 0.2) is 0 Å². The minimum atomic E-state index is -0.540. The van der Waals surface area contributed by atoms with Crippen molar-refractivity contribution in [2.75, 3.05) is 4.90 Å². The molecule has 0 unspecified atom stereocenters. The van der Waals surface area contributed by atoms with Gasteiger partial charge in [-0.3, -0.25) is 0 Å². The minimum Gasteiger partial charge on any atom is -0.309 e. The van der Waals surface area contributed by atoms with Gasteiger partial charge in [-0.2, -0.15) is 0 Å². The predicted molar refractivity (Wildman–Crippen MR) is 267 cm³/mol.